The molecule has 0 atom stereocenters. The zero-order chi connectivity index (χ0) is 30.8. The van der Waals surface area contributed by atoms with Gasteiger partial charge in [0.1, 0.15) is 17.2 Å². The summed E-state index contributed by atoms with van der Waals surface area (Å²) in [6.07, 6.45) is 2.52. The Hall–Kier alpha value is -5.15. The lowest BCUT2D eigenvalue weighted by Gasteiger charge is -2.11. The molecule has 8 nitrogen and oxygen atoms in total. The summed E-state index contributed by atoms with van der Waals surface area (Å²) in [5, 5.41) is 4.50. The molecule has 9 heteroatoms. The van der Waals surface area contributed by atoms with Crippen LogP contribution >= 0.6 is 11.3 Å². The number of fused-ring (bicyclic) bond motifs is 2. The Balaban J connectivity index is 1.42. The molecule has 0 unspecified atom stereocenters. The Bertz CT molecular complexity index is 2100. The Labute approximate surface area is 258 Å². The van der Waals surface area contributed by atoms with E-state index in [2.05, 4.69) is 36.3 Å². The highest BCUT2D eigenvalue weighted by Crippen LogP contribution is 2.32. The molecule has 3 aromatic heterocycles. The highest BCUT2D eigenvalue weighted by atomic mass is 32.1. The minimum atomic E-state index is -0.416. The summed E-state index contributed by atoms with van der Waals surface area (Å²) in [6, 6.07) is 23.3. The van der Waals surface area contributed by atoms with Crippen LogP contribution in [0.25, 0.3) is 31.8 Å². The largest absolute Gasteiger partial charge is 0.461 e. The maximum Gasteiger partial charge on any atom is 0.302 e. The predicted molar refractivity (Wildman–Crippen MR) is 173 cm³/mol. The third-order valence-electron chi connectivity index (χ3n) is 7.24. The van der Waals surface area contributed by atoms with Crippen LogP contribution < -0.4 is 10.9 Å². The van der Waals surface area contributed by atoms with Crippen LogP contribution in [0.3, 0.4) is 0 Å². The van der Waals surface area contributed by atoms with Gasteiger partial charge in [-0.1, -0.05) is 25.1 Å². The average molecular weight is 603 g/mol. The van der Waals surface area contributed by atoms with E-state index >= 15 is 0 Å². The molecule has 3 aromatic carbocycles. The third kappa shape index (κ3) is 6.14. The zero-order valence-corrected chi connectivity index (χ0v) is 25.6. The number of hydrogen-bond acceptors (Lipinski definition) is 8. The van der Waals surface area contributed by atoms with Crippen molar-refractivity contribution >= 4 is 55.8 Å². The van der Waals surface area contributed by atoms with E-state index in [9.17, 15) is 9.59 Å². The molecular weight excluding hydrogens is 572 g/mol. The fourth-order valence-corrected chi connectivity index (χ4v) is 5.87. The highest BCUT2D eigenvalue weighted by molar-refractivity contribution is 7.21. The van der Waals surface area contributed by atoms with E-state index in [1.165, 1.54) is 18.1 Å². The summed E-state index contributed by atoms with van der Waals surface area (Å²) in [5.41, 5.74) is 7.63. The molecule has 0 bridgehead atoms. The van der Waals surface area contributed by atoms with Gasteiger partial charge >= 0.3 is 5.97 Å². The van der Waals surface area contributed by atoms with Crippen LogP contribution in [-0.2, 0) is 22.6 Å². The molecule has 0 radical (unpaired) electrons. The molecule has 44 heavy (non-hydrogen) atoms. The van der Waals surface area contributed by atoms with E-state index in [4.69, 9.17) is 19.1 Å². The van der Waals surface area contributed by atoms with Crippen molar-refractivity contribution in [3.8, 4) is 10.6 Å². The molecule has 0 saturated heterocycles. The van der Waals surface area contributed by atoms with Crippen LogP contribution in [0.4, 0.5) is 11.4 Å². The van der Waals surface area contributed by atoms with E-state index in [0.29, 0.717) is 33.6 Å². The van der Waals surface area contributed by atoms with Gasteiger partial charge in [-0.15, -0.1) is 11.3 Å². The molecule has 0 saturated carbocycles. The molecule has 3 heterocycles. The molecule has 0 fully saturated rings. The fraction of sp³-hybridized carbons (Fsp3) is 0.171. The van der Waals surface area contributed by atoms with Gasteiger partial charge < -0.3 is 14.5 Å². The van der Waals surface area contributed by atoms with Crippen molar-refractivity contribution < 1.29 is 18.7 Å². The lowest BCUT2D eigenvalue weighted by atomic mass is 10.1. The number of rotatable bonds is 7. The number of esters is 1. The standard InChI is InChI=1S/C35H30N4O4S/c1-5-23-7-11-26(12-8-23)37-33(41)29-17-28-25(19-42-22(4)40)18-36-21(3)32(28)43-34(29)38-27-13-9-24(10-14-27)35-39-30-15-6-20(2)16-31(30)44-35/h6-18H,5,19H2,1-4H3,(H,37,41). The second-order valence-corrected chi connectivity index (χ2v) is 11.5. The van der Waals surface area contributed by atoms with Crippen molar-refractivity contribution in [1.29, 1.82) is 0 Å². The lowest BCUT2D eigenvalue weighted by Crippen LogP contribution is -2.22. The van der Waals surface area contributed by atoms with Crippen molar-refractivity contribution in [2.75, 3.05) is 5.32 Å². The van der Waals surface area contributed by atoms with Crippen molar-refractivity contribution in [2.45, 2.75) is 40.7 Å². The van der Waals surface area contributed by atoms with E-state index in [0.717, 1.165) is 27.2 Å². The Morgan fingerprint density at radius 3 is 2.50 bits per heavy atom. The number of carbonyl (C=O) groups excluding carboxylic acids is 2. The van der Waals surface area contributed by atoms with Crippen LogP contribution in [0.5, 0.6) is 0 Å². The zero-order valence-electron chi connectivity index (χ0n) is 24.8. The summed E-state index contributed by atoms with van der Waals surface area (Å²) in [5.74, 6) is -0.798. The molecule has 0 aliphatic carbocycles. The maximum absolute atomic E-state index is 13.7. The Morgan fingerprint density at radius 1 is 1.00 bits per heavy atom. The normalized spacial score (nSPS) is 11.7. The van der Waals surface area contributed by atoms with Crippen LogP contribution in [0.2, 0.25) is 0 Å². The summed E-state index contributed by atoms with van der Waals surface area (Å²) in [7, 11) is 0. The van der Waals surface area contributed by atoms with Gasteiger partial charge in [-0.3, -0.25) is 14.6 Å². The summed E-state index contributed by atoms with van der Waals surface area (Å²) in [6.45, 7) is 7.30. The van der Waals surface area contributed by atoms with Crippen molar-refractivity contribution in [2.24, 2.45) is 4.99 Å². The fourth-order valence-electron chi connectivity index (χ4n) is 4.80. The number of anilines is 1. The molecule has 6 rings (SSSR count). The predicted octanol–water partition coefficient (Wildman–Crippen LogP) is 7.83. The number of pyridine rings is 1. The Kier molecular flexibility index (Phi) is 8.04. The van der Waals surface area contributed by atoms with E-state index in [1.54, 1.807) is 23.6 Å². The number of aromatic nitrogens is 2. The van der Waals surface area contributed by atoms with Gasteiger partial charge in [0, 0.05) is 35.3 Å². The minimum absolute atomic E-state index is 0.00252. The van der Waals surface area contributed by atoms with E-state index < -0.39 is 5.97 Å². The minimum Gasteiger partial charge on any atom is -0.461 e. The first-order valence-corrected chi connectivity index (χ1v) is 15.1. The lowest BCUT2D eigenvalue weighted by molar-refractivity contribution is -0.142. The number of benzene rings is 3. The molecule has 220 valence electrons. The Morgan fingerprint density at radius 2 is 1.77 bits per heavy atom. The summed E-state index contributed by atoms with van der Waals surface area (Å²) < 4.78 is 12.7. The van der Waals surface area contributed by atoms with Crippen LogP contribution in [0.1, 0.15) is 46.6 Å². The molecule has 0 aliphatic heterocycles. The van der Waals surface area contributed by atoms with Gasteiger partial charge in [-0.25, -0.2) is 9.98 Å². The average Bonchev–Trinajstić information content (AvgIpc) is 3.44. The first-order valence-electron chi connectivity index (χ1n) is 14.3. The van der Waals surface area contributed by atoms with Gasteiger partial charge in [-0.2, -0.15) is 0 Å². The molecule has 0 aliphatic rings. The number of carbonyl (C=O) groups is 2. The van der Waals surface area contributed by atoms with E-state index in [-0.39, 0.29) is 23.6 Å². The summed E-state index contributed by atoms with van der Waals surface area (Å²) in [4.78, 5) is 39.2. The first kappa shape index (κ1) is 28.9. The molecule has 6 aromatic rings. The quantitative estimate of drug-likeness (QED) is 0.187. The molecule has 0 spiro atoms. The van der Waals surface area contributed by atoms with Crippen molar-refractivity contribution in [3.05, 3.63) is 112 Å². The number of aryl methyl sites for hydroxylation is 3. The number of nitrogens with one attached hydrogen (secondary N) is 1. The topological polar surface area (TPSA) is 107 Å². The first-order chi connectivity index (χ1) is 21.3. The van der Waals surface area contributed by atoms with Crippen molar-refractivity contribution in [3.63, 3.8) is 0 Å². The van der Waals surface area contributed by atoms with Gasteiger partial charge in [-0.05, 0) is 86.0 Å². The van der Waals surface area contributed by atoms with Gasteiger partial charge in [0.15, 0.2) is 5.58 Å². The number of amides is 1. The number of thiazole rings is 1. The maximum atomic E-state index is 13.7. The number of ether oxygens (including phenoxy) is 1. The van der Waals surface area contributed by atoms with Crippen LogP contribution in [0, 0.1) is 13.8 Å². The monoisotopic (exact) mass is 602 g/mol. The number of hydrogen-bond donors (Lipinski definition) is 1. The summed E-state index contributed by atoms with van der Waals surface area (Å²) >= 11 is 1.64. The molecule has 1 amide bonds. The third-order valence-corrected chi connectivity index (χ3v) is 8.30. The van der Waals surface area contributed by atoms with Crippen molar-refractivity contribution in [1.82, 2.24) is 9.97 Å². The molecule has 1 N–H and O–H groups in total. The SMILES string of the molecule is CCc1ccc(NC(=O)c2cc3c(COC(C)=O)cnc(C)c3oc2=Nc2ccc(-c3nc4ccc(C)cc4s3)cc2)cc1. The van der Waals surface area contributed by atoms with Gasteiger partial charge in [0.2, 0.25) is 5.55 Å². The number of nitrogens with zero attached hydrogens (tertiary/aromatic N) is 3. The van der Waals surface area contributed by atoms with Crippen LogP contribution in [0.15, 0.2) is 88.4 Å². The van der Waals surface area contributed by atoms with Gasteiger partial charge in [0.25, 0.3) is 5.91 Å². The smallest absolute Gasteiger partial charge is 0.302 e. The molecular formula is C35H30N4O4S. The van der Waals surface area contributed by atoms with Gasteiger partial charge in [0.05, 0.1) is 21.6 Å². The second kappa shape index (κ2) is 12.2. The highest BCUT2D eigenvalue weighted by Gasteiger charge is 2.17. The second-order valence-electron chi connectivity index (χ2n) is 10.5. The van der Waals surface area contributed by atoms with Crippen LogP contribution in [-0.4, -0.2) is 21.8 Å². The van der Waals surface area contributed by atoms with E-state index in [1.807, 2.05) is 61.5 Å².